The van der Waals surface area contributed by atoms with E-state index in [9.17, 15) is 4.79 Å². The van der Waals surface area contributed by atoms with Gasteiger partial charge >= 0.3 is 0 Å². The second kappa shape index (κ2) is 8.47. The number of benzene rings is 1. The monoisotopic (exact) mass is 383 g/mol. The number of morpholine rings is 1. The van der Waals surface area contributed by atoms with E-state index in [1.165, 1.54) is 4.88 Å². The molecule has 1 aromatic carbocycles. The number of hydrogen-bond donors (Lipinski definition) is 1. The van der Waals surface area contributed by atoms with Crippen LogP contribution < -0.4 is 5.32 Å². The highest BCUT2D eigenvalue weighted by Crippen LogP contribution is 2.25. The summed E-state index contributed by atoms with van der Waals surface area (Å²) in [6, 6.07) is 15.6. The maximum absolute atomic E-state index is 12.6. The predicted octanol–water partition coefficient (Wildman–Crippen LogP) is 3.21. The highest BCUT2D eigenvalue weighted by molar-refractivity contribution is 7.10. The van der Waals surface area contributed by atoms with Gasteiger partial charge in [-0.2, -0.15) is 0 Å². The first-order valence-corrected chi connectivity index (χ1v) is 9.85. The van der Waals surface area contributed by atoms with E-state index < -0.39 is 0 Å². The second-order valence-electron chi connectivity index (χ2n) is 6.33. The highest BCUT2D eigenvalue weighted by atomic mass is 32.1. The van der Waals surface area contributed by atoms with Gasteiger partial charge in [-0.15, -0.1) is 11.3 Å². The van der Waals surface area contributed by atoms with Gasteiger partial charge in [0, 0.05) is 36.1 Å². The van der Waals surface area contributed by atoms with Crippen LogP contribution in [-0.4, -0.2) is 48.8 Å². The van der Waals surface area contributed by atoms with E-state index in [-0.39, 0.29) is 11.9 Å². The summed E-state index contributed by atoms with van der Waals surface area (Å²) >= 11 is 1.71. The fourth-order valence-corrected chi connectivity index (χ4v) is 4.04. The van der Waals surface area contributed by atoms with Crippen molar-refractivity contribution in [3.05, 3.63) is 64.5 Å². The average molecular weight is 383 g/mol. The van der Waals surface area contributed by atoms with E-state index in [2.05, 4.69) is 26.8 Å². The maximum atomic E-state index is 12.6. The molecule has 1 saturated heterocycles. The van der Waals surface area contributed by atoms with Gasteiger partial charge in [0.1, 0.15) is 0 Å². The molecule has 1 aliphatic heterocycles. The van der Waals surface area contributed by atoms with E-state index in [1.807, 2.05) is 36.4 Å². The van der Waals surface area contributed by atoms with Crippen LogP contribution in [0.5, 0.6) is 0 Å². The number of carbonyl (C=O) groups excluding carboxylic acids is 1. The lowest BCUT2D eigenvalue weighted by Gasteiger charge is -2.34. The predicted molar refractivity (Wildman–Crippen MR) is 104 cm³/mol. The normalized spacial score (nSPS) is 16.1. The Morgan fingerprint density at radius 2 is 2.00 bits per heavy atom. The Kier molecular flexibility index (Phi) is 5.62. The minimum absolute atomic E-state index is 0.137. The Labute approximate surface area is 161 Å². The summed E-state index contributed by atoms with van der Waals surface area (Å²) in [6.07, 6.45) is 0. The Hall–Kier alpha value is -2.48. The number of nitrogens with one attached hydrogen (secondary N) is 1. The van der Waals surface area contributed by atoms with E-state index in [4.69, 9.17) is 9.26 Å². The minimum Gasteiger partial charge on any atom is -0.379 e. The molecule has 0 bridgehead atoms. The molecule has 0 aliphatic carbocycles. The maximum Gasteiger partial charge on any atom is 0.273 e. The summed E-state index contributed by atoms with van der Waals surface area (Å²) in [5.74, 6) is 0.361. The zero-order chi connectivity index (χ0) is 18.5. The molecule has 1 N–H and O–H groups in total. The number of amides is 1. The van der Waals surface area contributed by atoms with E-state index in [0.717, 1.165) is 31.9 Å². The molecule has 0 radical (unpaired) electrons. The Morgan fingerprint density at radius 1 is 1.19 bits per heavy atom. The largest absolute Gasteiger partial charge is 0.379 e. The summed E-state index contributed by atoms with van der Waals surface area (Å²) in [4.78, 5) is 16.2. The molecule has 3 heterocycles. The molecule has 1 atom stereocenters. The topological polar surface area (TPSA) is 67.6 Å². The van der Waals surface area contributed by atoms with Crippen molar-refractivity contribution in [1.82, 2.24) is 15.4 Å². The van der Waals surface area contributed by atoms with Gasteiger partial charge in [-0.3, -0.25) is 9.69 Å². The zero-order valence-corrected chi connectivity index (χ0v) is 15.7. The number of carbonyl (C=O) groups is 1. The molecule has 27 heavy (non-hydrogen) atoms. The lowest BCUT2D eigenvalue weighted by molar-refractivity contribution is 0.0169. The van der Waals surface area contributed by atoms with Crippen molar-refractivity contribution in [2.75, 3.05) is 32.8 Å². The highest BCUT2D eigenvalue weighted by Gasteiger charge is 2.24. The van der Waals surface area contributed by atoms with E-state index in [1.54, 1.807) is 17.4 Å². The van der Waals surface area contributed by atoms with Gasteiger partial charge in [0.2, 0.25) is 0 Å². The minimum atomic E-state index is -0.226. The molecule has 0 spiro atoms. The van der Waals surface area contributed by atoms with Crippen LogP contribution in [0.1, 0.15) is 21.4 Å². The number of ether oxygens (including phenoxy) is 1. The van der Waals surface area contributed by atoms with Crippen molar-refractivity contribution in [3.63, 3.8) is 0 Å². The lowest BCUT2D eigenvalue weighted by Crippen LogP contribution is -2.43. The number of rotatable bonds is 6. The number of aromatic nitrogens is 1. The van der Waals surface area contributed by atoms with Gasteiger partial charge < -0.3 is 14.6 Å². The van der Waals surface area contributed by atoms with Crippen LogP contribution in [-0.2, 0) is 4.74 Å². The standard InChI is InChI=1S/C20H21N3O3S/c24-20(16-13-18(26-22-16)15-5-2-1-3-6-15)21-14-17(19-7-4-12-27-19)23-8-10-25-11-9-23/h1-7,12-13,17H,8-11,14H2,(H,21,24). The van der Waals surface area contributed by atoms with Crippen molar-refractivity contribution in [2.45, 2.75) is 6.04 Å². The SMILES string of the molecule is O=C(NCC(c1cccs1)N1CCOCC1)c1cc(-c2ccccc2)on1. The molecule has 7 heteroatoms. The third-order valence-electron chi connectivity index (χ3n) is 4.62. The third-order valence-corrected chi connectivity index (χ3v) is 5.59. The summed E-state index contributed by atoms with van der Waals surface area (Å²) in [7, 11) is 0. The van der Waals surface area contributed by atoms with Crippen LogP contribution in [0.25, 0.3) is 11.3 Å². The Balaban J connectivity index is 1.43. The third kappa shape index (κ3) is 4.27. The first-order chi connectivity index (χ1) is 13.3. The smallest absolute Gasteiger partial charge is 0.273 e. The summed E-state index contributed by atoms with van der Waals surface area (Å²) in [5.41, 5.74) is 1.19. The summed E-state index contributed by atoms with van der Waals surface area (Å²) < 4.78 is 10.8. The van der Waals surface area contributed by atoms with Crippen LogP contribution in [0, 0.1) is 0 Å². The molecule has 4 rings (SSSR count). The van der Waals surface area contributed by atoms with Gasteiger partial charge in [0.05, 0.1) is 19.3 Å². The Bertz CT molecular complexity index is 858. The van der Waals surface area contributed by atoms with Crippen LogP contribution in [0.4, 0.5) is 0 Å². The van der Waals surface area contributed by atoms with Gasteiger partial charge in [-0.05, 0) is 11.4 Å². The number of hydrogen-bond acceptors (Lipinski definition) is 6. The molecule has 1 unspecified atom stereocenters. The molecule has 1 amide bonds. The number of thiophene rings is 1. The fourth-order valence-electron chi connectivity index (χ4n) is 3.18. The van der Waals surface area contributed by atoms with E-state index >= 15 is 0 Å². The second-order valence-corrected chi connectivity index (χ2v) is 7.31. The zero-order valence-electron chi connectivity index (χ0n) is 14.8. The lowest BCUT2D eigenvalue weighted by atomic mass is 10.1. The quantitative estimate of drug-likeness (QED) is 0.708. The van der Waals surface area contributed by atoms with Crippen LogP contribution in [0.2, 0.25) is 0 Å². The average Bonchev–Trinajstić information content (AvgIpc) is 3.42. The summed E-state index contributed by atoms with van der Waals surface area (Å²) in [6.45, 7) is 3.69. The molecule has 0 saturated carbocycles. The van der Waals surface area contributed by atoms with Crippen LogP contribution >= 0.6 is 11.3 Å². The van der Waals surface area contributed by atoms with Crippen molar-refractivity contribution in [3.8, 4) is 11.3 Å². The molecular formula is C20H21N3O3S. The summed E-state index contributed by atoms with van der Waals surface area (Å²) in [5, 5.41) is 9.00. The molecule has 1 fully saturated rings. The first-order valence-electron chi connectivity index (χ1n) is 8.97. The van der Waals surface area contributed by atoms with Crippen molar-refractivity contribution in [2.24, 2.45) is 0 Å². The van der Waals surface area contributed by atoms with Crippen molar-refractivity contribution >= 4 is 17.2 Å². The molecule has 1 aliphatic rings. The Morgan fingerprint density at radius 3 is 2.74 bits per heavy atom. The fraction of sp³-hybridized carbons (Fsp3) is 0.300. The van der Waals surface area contributed by atoms with Gasteiger partial charge in [0.15, 0.2) is 11.5 Å². The number of nitrogens with zero attached hydrogens (tertiary/aromatic N) is 2. The van der Waals surface area contributed by atoms with Crippen molar-refractivity contribution in [1.29, 1.82) is 0 Å². The molecule has 2 aromatic heterocycles. The molecule has 140 valence electrons. The first kappa shape index (κ1) is 17.9. The van der Waals surface area contributed by atoms with Crippen molar-refractivity contribution < 1.29 is 14.1 Å². The molecule has 6 nitrogen and oxygen atoms in total. The van der Waals surface area contributed by atoms with Crippen LogP contribution in [0.3, 0.4) is 0 Å². The molecule has 3 aromatic rings. The van der Waals surface area contributed by atoms with Crippen LogP contribution in [0.15, 0.2) is 58.4 Å². The van der Waals surface area contributed by atoms with Gasteiger partial charge in [0.25, 0.3) is 5.91 Å². The molecular weight excluding hydrogens is 362 g/mol. The van der Waals surface area contributed by atoms with Gasteiger partial charge in [-0.1, -0.05) is 41.6 Å². The van der Waals surface area contributed by atoms with E-state index in [0.29, 0.717) is 18.0 Å². The van der Waals surface area contributed by atoms with Gasteiger partial charge in [-0.25, -0.2) is 0 Å².